The number of ether oxygens (including phenoxy) is 3. The van der Waals surface area contributed by atoms with Crippen LogP contribution in [-0.4, -0.2) is 30.8 Å². The molecule has 1 aliphatic heterocycles. The predicted octanol–water partition coefficient (Wildman–Crippen LogP) is 2.23. The molecule has 2 aromatic rings. The zero-order valence-corrected chi connectivity index (χ0v) is 12.1. The van der Waals surface area contributed by atoms with Gasteiger partial charge in [0.1, 0.15) is 22.9 Å². The summed E-state index contributed by atoms with van der Waals surface area (Å²) < 4.78 is 16.8. The van der Waals surface area contributed by atoms with Gasteiger partial charge >= 0.3 is 5.97 Å². The minimum absolute atomic E-state index is 0.121. The van der Waals surface area contributed by atoms with Gasteiger partial charge in [-0.05, 0) is 0 Å². The van der Waals surface area contributed by atoms with Crippen molar-refractivity contribution >= 4 is 44.3 Å². The number of esters is 1. The minimum atomic E-state index is -0.395. The highest BCUT2D eigenvalue weighted by Gasteiger charge is 2.27. The van der Waals surface area contributed by atoms with E-state index in [1.807, 2.05) is 0 Å². The molecule has 2 heterocycles. The molecule has 1 atom stereocenters. The summed E-state index contributed by atoms with van der Waals surface area (Å²) in [5, 5.41) is 0.851. The number of thiazole rings is 1. The maximum absolute atomic E-state index is 11.3. The minimum Gasteiger partial charge on any atom is -0.484 e. The average molecular weight is 315 g/mol. The number of aromatic nitrogens is 1. The Morgan fingerprint density at radius 1 is 1.70 bits per heavy atom. The van der Waals surface area contributed by atoms with Gasteiger partial charge < -0.3 is 19.9 Å². The molecule has 3 rings (SSSR count). The Hall–Kier alpha value is -1.73. The molecule has 0 spiro atoms. The molecule has 0 saturated heterocycles. The van der Waals surface area contributed by atoms with Gasteiger partial charge in [0.15, 0.2) is 16.6 Å². The first-order valence-corrected chi connectivity index (χ1v) is 7.02. The lowest BCUT2D eigenvalue weighted by Gasteiger charge is -2.26. The zero-order chi connectivity index (χ0) is 14.3. The number of nitrogens with zero attached hydrogens (tertiary/aromatic N) is 1. The first-order valence-electron chi connectivity index (χ1n) is 5.83. The SMILES string of the molecule is COC(=O)CC1COc2c(cc(Cl)c3nc(N)sc23)O1. The Bertz CT molecular complexity index is 688. The van der Waals surface area contributed by atoms with Crippen molar-refractivity contribution < 1.29 is 19.0 Å². The number of carbonyl (C=O) groups excluding carboxylic acids is 1. The monoisotopic (exact) mass is 314 g/mol. The van der Waals surface area contributed by atoms with Gasteiger partial charge in [0, 0.05) is 6.07 Å². The number of methoxy groups -OCH3 is 1. The number of hydrogen-bond donors (Lipinski definition) is 1. The molecule has 20 heavy (non-hydrogen) atoms. The first kappa shape index (κ1) is 13.3. The molecule has 2 N–H and O–H groups in total. The topological polar surface area (TPSA) is 83.7 Å². The average Bonchev–Trinajstić information content (AvgIpc) is 2.81. The smallest absolute Gasteiger partial charge is 0.309 e. The highest BCUT2D eigenvalue weighted by molar-refractivity contribution is 7.22. The fraction of sp³-hybridized carbons (Fsp3) is 0.333. The lowest BCUT2D eigenvalue weighted by Crippen LogP contribution is -2.31. The number of fused-ring (bicyclic) bond motifs is 3. The van der Waals surface area contributed by atoms with Crippen LogP contribution in [0.3, 0.4) is 0 Å². The van der Waals surface area contributed by atoms with Crippen LogP contribution in [-0.2, 0) is 9.53 Å². The summed E-state index contributed by atoms with van der Waals surface area (Å²) in [6, 6.07) is 1.63. The molecule has 1 unspecified atom stereocenters. The van der Waals surface area contributed by atoms with Crippen molar-refractivity contribution in [2.75, 3.05) is 19.5 Å². The van der Waals surface area contributed by atoms with Crippen LogP contribution in [0.15, 0.2) is 6.07 Å². The zero-order valence-electron chi connectivity index (χ0n) is 10.5. The van der Waals surface area contributed by atoms with Crippen LogP contribution < -0.4 is 15.2 Å². The standard InChI is InChI=1S/C12H11ClN2O4S/c1-17-8(16)2-5-4-18-10-7(19-5)3-6(13)9-11(10)20-12(14)15-9/h3,5H,2,4H2,1H3,(H2,14,15). The number of halogens is 1. The summed E-state index contributed by atoms with van der Waals surface area (Å²) in [5.74, 6) is 0.710. The van der Waals surface area contributed by atoms with E-state index in [1.54, 1.807) is 6.07 Å². The quantitative estimate of drug-likeness (QED) is 0.856. The van der Waals surface area contributed by atoms with E-state index >= 15 is 0 Å². The first-order chi connectivity index (χ1) is 9.58. The maximum atomic E-state index is 11.3. The lowest BCUT2D eigenvalue weighted by molar-refractivity contribution is -0.143. The summed E-state index contributed by atoms with van der Waals surface area (Å²) >= 11 is 7.44. The third kappa shape index (κ3) is 2.23. The number of rotatable bonds is 2. The normalized spacial score (nSPS) is 17.2. The van der Waals surface area contributed by atoms with Crippen molar-refractivity contribution in [2.24, 2.45) is 0 Å². The van der Waals surface area contributed by atoms with Crippen molar-refractivity contribution in [1.29, 1.82) is 0 Å². The summed E-state index contributed by atoms with van der Waals surface area (Å²) in [6.07, 6.45) is -0.273. The molecular weight excluding hydrogens is 304 g/mol. The molecule has 0 fully saturated rings. The molecule has 0 radical (unpaired) electrons. The number of nitrogen functional groups attached to an aromatic ring is 1. The second-order valence-corrected chi connectivity index (χ2v) is 5.68. The predicted molar refractivity (Wildman–Crippen MR) is 75.6 cm³/mol. The van der Waals surface area contributed by atoms with Crippen LogP contribution >= 0.6 is 22.9 Å². The number of nitrogens with two attached hydrogens (primary N) is 1. The van der Waals surface area contributed by atoms with Crippen LogP contribution in [0.1, 0.15) is 6.42 Å². The summed E-state index contributed by atoms with van der Waals surface area (Å²) in [6.45, 7) is 0.261. The van der Waals surface area contributed by atoms with E-state index in [0.717, 1.165) is 4.70 Å². The van der Waals surface area contributed by atoms with E-state index in [9.17, 15) is 4.79 Å². The fourth-order valence-electron chi connectivity index (χ4n) is 2.00. The highest BCUT2D eigenvalue weighted by atomic mass is 35.5. The molecule has 1 aromatic carbocycles. The fourth-order valence-corrected chi connectivity index (χ4v) is 3.14. The van der Waals surface area contributed by atoms with Crippen LogP contribution in [0.25, 0.3) is 10.2 Å². The van der Waals surface area contributed by atoms with Crippen LogP contribution in [0, 0.1) is 0 Å². The molecule has 1 aromatic heterocycles. The van der Waals surface area contributed by atoms with Crippen LogP contribution in [0.4, 0.5) is 5.13 Å². The van der Waals surface area contributed by atoms with Gasteiger partial charge in [-0.25, -0.2) is 4.98 Å². The van der Waals surface area contributed by atoms with Gasteiger partial charge in [0.05, 0.1) is 18.6 Å². The van der Waals surface area contributed by atoms with Gasteiger partial charge in [-0.3, -0.25) is 4.79 Å². The number of benzene rings is 1. The van der Waals surface area contributed by atoms with Gasteiger partial charge in [-0.1, -0.05) is 22.9 Å². The third-order valence-electron chi connectivity index (χ3n) is 2.89. The Balaban J connectivity index is 1.96. The molecule has 8 heteroatoms. The van der Waals surface area contributed by atoms with Crippen molar-refractivity contribution in [3.05, 3.63) is 11.1 Å². The molecule has 0 bridgehead atoms. The van der Waals surface area contributed by atoms with Crippen LogP contribution in [0.5, 0.6) is 11.5 Å². The van der Waals surface area contributed by atoms with Crippen molar-refractivity contribution in [3.63, 3.8) is 0 Å². The Morgan fingerprint density at radius 3 is 3.25 bits per heavy atom. The van der Waals surface area contributed by atoms with Gasteiger partial charge in [0.25, 0.3) is 0 Å². The number of anilines is 1. The molecule has 0 saturated carbocycles. The van der Waals surface area contributed by atoms with E-state index in [0.29, 0.717) is 27.2 Å². The number of carbonyl (C=O) groups is 1. The van der Waals surface area contributed by atoms with E-state index in [2.05, 4.69) is 9.72 Å². The molecule has 1 aliphatic rings. The third-order valence-corrected chi connectivity index (χ3v) is 4.06. The summed E-state index contributed by atoms with van der Waals surface area (Å²) in [7, 11) is 1.33. The Kier molecular flexibility index (Phi) is 3.31. The maximum Gasteiger partial charge on any atom is 0.309 e. The van der Waals surface area contributed by atoms with Gasteiger partial charge in [-0.15, -0.1) is 0 Å². The van der Waals surface area contributed by atoms with Crippen molar-refractivity contribution in [3.8, 4) is 11.5 Å². The van der Waals surface area contributed by atoms with E-state index in [4.69, 9.17) is 26.8 Å². The highest BCUT2D eigenvalue weighted by Crippen LogP contribution is 2.45. The van der Waals surface area contributed by atoms with Crippen molar-refractivity contribution in [1.82, 2.24) is 4.98 Å². The summed E-state index contributed by atoms with van der Waals surface area (Å²) in [5.41, 5.74) is 6.29. The van der Waals surface area contributed by atoms with Gasteiger partial charge in [0.2, 0.25) is 0 Å². The molecular formula is C12H11ClN2O4S. The van der Waals surface area contributed by atoms with Gasteiger partial charge in [-0.2, -0.15) is 0 Å². The Labute approximate surface area is 123 Å². The Morgan fingerprint density at radius 2 is 2.50 bits per heavy atom. The van der Waals surface area contributed by atoms with Crippen molar-refractivity contribution in [2.45, 2.75) is 12.5 Å². The van der Waals surface area contributed by atoms with Crippen LogP contribution in [0.2, 0.25) is 5.02 Å². The largest absolute Gasteiger partial charge is 0.484 e. The second-order valence-electron chi connectivity index (χ2n) is 4.25. The lowest BCUT2D eigenvalue weighted by atomic mass is 10.2. The van der Waals surface area contributed by atoms with E-state index in [1.165, 1.54) is 18.4 Å². The summed E-state index contributed by atoms with van der Waals surface area (Å²) in [4.78, 5) is 15.4. The molecule has 6 nitrogen and oxygen atoms in total. The molecule has 0 amide bonds. The number of hydrogen-bond acceptors (Lipinski definition) is 7. The molecule has 0 aliphatic carbocycles. The van der Waals surface area contributed by atoms with E-state index < -0.39 is 6.10 Å². The molecule has 106 valence electrons. The second kappa shape index (κ2) is 4.99. The van der Waals surface area contributed by atoms with E-state index in [-0.39, 0.29) is 19.0 Å².